The Kier molecular flexibility index (Phi) is 233. The molecule has 8 radical (unpaired) electrons. The summed E-state index contributed by atoms with van der Waals surface area (Å²) in [7, 11) is 0. The van der Waals surface area contributed by atoms with Gasteiger partial charge in [-0.05, 0) is 0 Å². The molecule has 0 aromatic rings. The molecule has 5 heavy (non-hydrogen) atoms. The van der Waals surface area contributed by atoms with Crippen LogP contribution in [0.15, 0.2) is 0 Å². The first-order valence-electron chi connectivity index (χ1n) is 0.167. The van der Waals surface area contributed by atoms with Crippen molar-refractivity contribution in [3.8, 4) is 0 Å². The van der Waals surface area contributed by atoms with Crippen molar-refractivity contribution in [3.63, 3.8) is 0 Å². The Morgan fingerprint density at radius 1 is 1.20 bits per heavy atom. The molecule has 0 N–H and O–H groups in total. The first kappa shape index (κ1) is 28.9. The molecular formula is LiOPSSn. The van der Waals surface area contributed by atoms with Gasteiger partial charge in [-0.25, -0.2) is 0 Å². The zero-order valence-corrected chi connectivity index (χ0v) is 7.33. The summed E-state index contributed by atoms with van der Waals surface area (Å²) in [6.07, 6.45) is 0. The molecule has 0 aromatic heterocycles. The normalized spacial score (nSPS) is 0.800. The van der Waals surface area contributed by atoms with Gasteiger partial charge >= 0.3 is 0 Å². The molecule has 5 heteroatoms. The minimum Gasteiger partial charge on any atom is -0.197 e. The van der Waals surface area contributed by atoms with E-state index in [2.05, 4.69) is 12.5 Å². The van der Waals surface area contributed by atoms with Crippen LogP contribution in [0.5, 0.6) is 0 Å². The molecule has 0 aliphatic rings. The van der Waals surface area contributed by atoms with E-state index in [-0.39, 0.29) is 52.7 Å². The standard InChI is InChI=1S/Li.OS.P.Sn/c;1-2;;. The van der Waals surface area contributed by atoms with Crippen LogP contribution in [-0.4, -0.2) is 47.0 Å². The molecule has 0 aliphatic heterocycles. The Morgan fingerprint density at radius 3 is 1.20 bits per heavy atom. The molecule has 0 amide bonds. The van der Waals surface area contributed by atoms with Crippen LogP contribution in [0.3, 0.4) is 0 Å². The minimum absolute atomic E-state index is 0. The van der Waals surface area contributed by atoms with Gasteiger partial charge in [0.2, 0.25) is 0 Å². The van der Waals surface area contributed by atoms with Crippen molar-refractivity contribution in [2.24, 2.45) is 0 Å². The smallest absolute Gasteiger partial charge is 0.197 e. The first-order valence-corrected chi connectivity index (χ1v) is 0.500. The first-order chi connectivity index (χ1) is 1.00. The molecule has 0 aromatic carbocycles. The summed E-state index contributed by atoms with van der Waals surface area (Å²) in [6, 6.07) is 0. The van der Waals surface area contributed by atoms with E-state index in [0.29, 0.717) is 0 Å². The van der Waals surface area contributed by atoms with Crippen LogP contribution in [0.4, 0.5) is 0 Å². The van der Waals surface area contributed by atoms with Crippen molar-refractivity contribution < 1.29 is 4.21 Å². The summed E-state index contributed by atoms with van der Waals surface area (Å²) in [6.45, 7) is 0. The maximum atomic E-state index is 7.83. The second kappa shape index (κ2) is 40.3. The summed E-state index contributed by atoms with van der Waals surface area (Å²) in [5.41, 5.74) is 0. The fraction of sp³-hybridized carbons (Fsp3) is 0. The monoisotopic (exact) mass is 206 g/mol. The third kappa shape index (κ3) is 25.4. The molecule has 0 rings (SSSR count). The maximum Gasteiger partial charge on any atom is 0.197 e. The van der Waals surface area contributed by atoms with E-state index in [1.165, 1.54) is 0 Å². The Bertz CT molecular complexity index is 11.6. The quantitative estimate of drug-likeness (QED) is 0.401. The van der Waals surface area contributed by atoms with Crippen molar-refractivity contribution in [3.05, 3.63) is 0 Å². The fourth-order valence-electron chi connectivity index (χ4n) is 0. The van der Waals surface area contributed by atoms with Gasteiger partial charge in [-0.2, -0.15) is 4.21 Å². The van der Waals surface area contributed by atoms with Crippen LogP contribution >= 0.6 is 9.90 Å². The van der Waals surface area contributed by atoms with Gasteiger partial charge in [-0.1, -0.05) is 0 Å². The van der Waals surface area contributed by atoms with E-state index in [4.69, 9.17) is 4.21 Å². The van der Waals surface area contributed by atoms with Crippen molar-refractivity contribution in [2.75, 3.05) is 0 Å². The van der Waals surface area contributed by atoms with Crippen molar-refractivity contribution in [1.82, 2.24) is 0 Å². The molecular weight excluding hydrogens is 205 g/mol. The van der Waals surface area contributed by atoms with Crippen LogP contribution in [-0.2, 0) is 12.5 Å². The van der Waals surface area contributed by atoms with Crippen molar-refractivity contribution in [1.29, 1.82) is 0 Å². The minimum atomic E-state index is 0. The maximum absolute atomic E-state index is 7.83. The Hall–Kier alpha value is 1.85. The van der Waals surface area contributed by atoms with Crippen LogP contribution in [0.1, 0.15) is 0 Å². The van der Waals surface area contributed by atoms with Gasteiger partial charge in [0.25, 0.3) is 0 Å². The zero-order valence-electron chi connectivity index (χ0n) is 2.76. The molecule has 0 aliphatic carbocycles. The zero-order chi connectivity index (χ0) is 2.00. The van der Waals surface area contributed by atoms with Gasteiger partial charge < -0.3 is 0 Å². The van der Waals surface area contributed by atoms with Gasteiger partial charge in [-0.15, -0.1) is 0 Å². The third-order valence-corrected chi connectivity index (χ3v) is 0. The summed E-state index contributed by atoms with van der Waals surface area (Å²) in [5, 5.41) is 0. The predicted molar refractivity (Wildman–Crippen MR) is 26.6 cm³/mol. The SMILES string of the molecule is O=S.[Li].[P].[Sn]. The largest absolute Gasteiger partial charge is 0.197 e. The van der Waals surface area contributed by atoms with Crippen LogP contribution in [0.25, 0.3) is 0 Å². The molecule has 1 nitrogen and oxygen atoms in total. The Balaban J connectivity index is -0.00000000167. The van der Waals surface area contributed by atoms with Crippen LogP contribution in [0, 0.1) is 0 Å². The van der Waals surface area contributed by atoms with E-state index >= 15 is 0 Å². The molecule has 0 spiro atoms. The number of hydrogen-bond donors (Lipinski definition) is 0. The average molecular weight is 205 g/mol. The molecule has 0 unspecified atom stereocenters. The number of hydrogen-bond acceptors (Lipinski definition) is 2. The predicted octanol–water partition coefficient (Wildman–Crippen LogP) is -0.237. The average Bonchev–Trinajstić information content (AvgIpc) is 1.00. The van der Waals surface area contributed by atoms with Gasteiger partial charge in [0.15, 0.2) is 12.5 Å². The summed E-state index contributed by atoms with van der Waals surface area (Å²) < 4.78 is 7.83. The van der Waals surface area contributed by atoms with E-state index in [1.807, 2.05) is 0 Å². The second-order valence-electron chi connectivity index (χ2n) is 0. The molecule has 0 saturated heterocycles. The van der Waals surface area contributed by atoms with Gasteiger partial charge in [0, 0.05) is 52.7 Å². The molecule has 0 bridgehead atoms. The molecule has 0 fully saturated rings. The van der Waals surface area contributed by atoms with E-state index in [9.17, 15) is 0 Å². The van der Waals surface area contributed by atoms with E-state index in [0.717, 1.165) is 0 Å². The third-order valence-electron chi connectivity index (χ3n) is 0. The van der Waals surface area contributed by atoms with Crippen LogP contribution < -0.4 is 0 Å². The molecule has 0 heterocycles. The summed E-state index contributed by atoms with van der Waals surface area (Å²) >= 11 is 2.83. The van der Waals surface area contributed by atoms with Crippen LogP contribution in [0.2, 0.25) is 0 Å². The van der Waals surface area contributed by atoms with Gasteiger partial charge in [0.05, 0.1) is 0 Å². The molecule has 0 atom stereocenters. The van der Waals surface area contributed by atoms with Crippen molar-refractivity contribution >= 4 is 65.2 Å². The van der Waals surface area contributed by atoms with Gasteiger partial charge in [0.1, 0.15) is 0 Å². The molecule has 22 valence electrons. The topological polar surface area (TPSA) is 17.1 Å². The number of rotatable bonds is 0. The van der Waals surface area contributed by atoms with Gasteiger partial charge in [-0.3, -0.25) is 0 Å². The van der Waals surface area contributed by atoms with E-state index in [1.54, 1.807) is 0 Å². The second-order valence-corrected chi connectivity index (χ2v) is 0. The summed E-state index contributed by atoms with van der Waals surface area (Å²) in [5.74, 6) is 0. The van der Waals surface area contributed by atoms with E-state index < -0.39 is 0 Å². The Labute approximate surface area is 68.9 Å². The Morgan fingerprint density at radius 2 is 1.20 bits per heavy atom. The summed E-state index contributed by atoms with van der Waals surface area (Å²) in [4.78, 5) is 0. The molecule has 0 saturated carbocycles. The van der Waals surface area contributed by atoms with Crippen molar-refractivity contribution in [2.45, 2.75) is 0 Å². The fourth-order valence-corrected chi connectivity index (χ4v) is 0.